The number of amides is 3. The zero-order chi connectivity index (χ0) is 27.0. The van der Waals surface area contributed by atoms with Crippen molar-refractivity contribution in [2.45, 2.75) is 115 Å². The first-order valence-corrected chi connectivity index (χ1v) is 15.2. The zero-order valence-corrected chi connectivity index (χ0v) is 24.0. The van der Waals surface area contributed by atoms with Crippen LogP contribution in [-0.4, -0.2) is 58.5 Å². The summed E-state index contributed by atoms with van der Waals surface area (Å²) in [6.07, 6.45) is 9.93. The van der Waals surface area contributed by atoms with Crippen molar-refractivity contribution in [3.63, 3.8) is 0 Å². The van der Waals surface area contributed by atoms with Crippen molar-refractivity contribution in [3.05, 3.63) is 35.4 Å². The van der Waals surface area contributed by atoms with E-state index in [1.54, 1.807) is 37.4 Å². The molecule has 0 bridgehead atoms. The van der Waals surface area contributed by atoms with Crippen LogP contribution in [0.4, 0.5) is 4.79 Å². The van der Waals surface area contributed by atoms with E-state index in [0.29, 0.717) is 12.2 Å². The summed E-state index contributed by atoms with van der Waals surface area (Å²) in [6, 6.07) is 6.42. The molecular weight excluding hydrogens is 486 g/mol. The molecule has 1 aromatic carbocycles. The fraction of sp³-hybridized carbons (Fsp3) is 0.690. The van der Waals surface area contributed by atoms with Crippen LogP contribution in [0, 0.1) is 6.92 Å². The lowest BCUT2D eigenvalue weighted by Gasteiger charge is -2.44. The van der Waals surface area contributed by atoms with Gasteiger partial charge in [0.25, 0.3) is 0 Å². The minimum Gasteiger partial charge on any atom is -0.444 e. The van der Waals surface area contributed by atoms with E-state index in [0.717, 1.165) is 56.1 Å². The summed E-state index contributed by atoms with van der Waals surface area (Å²) in [5, 5.41) is 6.12. The maximum Gasteiger partial charge on any atom is 0.408 e. The third-order valence-corrected chi connectivity index (χ3v) is 7.93. The Morgan fingerprint density at radius 1 is 1.05 bits per heavy atom. The number of nitrogens with one attached hydrogen (secondary N) is 2. The van der Waals surface area contributed by atoms with Gasteiger partial charge in [-0.25, -0.2) is 4.79 Å². The molecule has 0 saturated heterocycles. The summed E-state index contributed by atoms with van der Waals surface area (Å²) in [4.78, 5) is 42.8. The molecule has 8 heteroatoms. The number of hydrogen-bond acceptors (Lipinski definition) is 5. The lowest BCUT2D eigenvalue weighted by Crippen LogP contribution is -2.58. The third kappa shape index (κ3) is 8.39. The van der Waals surface area contributed by atoms with Crippen LogP contribution in [0.3, 0.4) is 0 Å². The molecule has 2 aliphatic carbocycles. The Hall–Kier alpha value is -2.22. The fourth-order valence-corrected chi connectivity index (χ4v) is 5.62. The number of carbonyl (C=O) groups is 3. The van der Waals surface area contributed by atoms with Crippen molar-refractivity contribution in [2.24, 2.45) is 0 Å². The van der Waals surface area contributed by atoms with Crippen LogP contribution in [0.25, 0.3) is 0 Å². The van der Waals surface area contributed by atoms with E-state index in [1.165, 1.54) is 6.42 Å². The van der Waals surface area contributed by atoms with Gasteiger partial charge in [0.1, 0.15) is 17.7 Å². The van der Waals surface area contributed by atoms with Gasteiger partial charge < -0.3 is 20.3 Å². The van der Waals surface area contributed by atoms with E-state index in [-0.39, 0.29) is 23.9 Å². The van der Waals surface area contributed by atoms with E-state index >= 15 is 0 Å². The molecule has 0 aromatic heterocycles. The maximum atomic E-state index is 14.3. The number of nitrogens with zero attached hydrogens (tertiary/aromatic N) is 1. The molecule has 7 nitrogen and oxygen atoms in total. The van der Waals surface area contributed by atoms with Crippen molar-refractivity contribution < 1.29 is 19.1 Å². The van der Waals surface area contributed by atoms with E-state index in [4.69, 9.17) is 4.74 Å². The number of thioether (sulfide) groups is 1. The molecule has 1 aromatic rings. The second-order valence-corrected chi connectivity index (χ2v) is 12.4. The van der Waals surface area contributed by atoms with Crippen molar-refractivity contribution >= 4 is 29.7 Å². The Morgan fingerprint density at radius 3 is 2.30 bits per heavy atom. The highest BCUT2D eigenvalue weighted by Crippen LogP contribution is 2.35. The van der Waals surface area contributed by atoms with Crippen molar-refractivity contribution in [3.8, 4) is 0 Å². The molecule has 2 fully saturated rings. The van der Waals surface area contributed by atoms with Crippen LogP contribution in [0.2, 0.25) is 0 Å². The summed E-state index contributed by atoms with van der Waals surface area (Å²) in [7, 11) is 0. The van der Waals surface area contributed by atoms with Gasteiger partial charge in [0, 0.05) is 12.1 Å². The van der Waals surface area contributed by atoms with Gasteiger partial charge in [-0.05, 0) is 89.4 Å². The number of rotatable bonds is 10. The predicted octanol–water partition coefficient (Wildman–Crippen LogP) is 5.51. The molecule has 37 heavy (non-hydrogen) atoms. The SMILES string of the molecule is CSCCC(NC(=O)OC(C)(C)C)C(=O)N(C1CCC1)C(C(=O)NC1CCCCC1)c1ccccc1C. The second kappa shape index (κ2) is 13.5. The summed E-state index contributed by atoms with van der Waals surface area (Å²) < 4.78 is 5.48. The second-order valence-electron chi connectivity index (χ2n) is 11.4. The highest BCUT2D eigenvalue weighted by atomic mass is 32.2. The maximum absolute atomic E-state index is 14.3. The summed E-state index contributed by atoms with van der Waals surface area (Å²) in [5.41, 5.74) is 1.15. The van der Waals surface area contributed by atoms with Gasteiger partial charge in [-0.15, -0.1) is 0 Å². The first-order chi connectivity index (χ1) is 17.6. The average molecular weight is 532 g/mol. The van der Waals surface area contributed by atoms with E-state index in [1.807, 2.05) is 37.4 Å². The van der Waals surface area contributed by atoms with Gasteiger partial charge in [0.05, 0.1) is 0 Å². The molecule has 0 radical (unpaired) electrons. The lowest BCUT2D eigenvalue weighted by molar-refractivity contribution is -0.147. The number of carbonyl (C=O) groups excluding carboxylic acids is 3. The first-order valence-electron chi connectivity index (χ1n) is 13.8. The molecule has 2 aliphatic rings. The fourth-order valence-electron chi connectivity index (χ4n) is 5.14. The predicted molar refractivity (Wildman–Crippen MR) is 150 cm³/mol. The van der Waals surface area contributed by atoms with Gasteiger partial charge in [0.2, 0.25) is 11.8 Å². The van der Waals surface area contributed by atoms with E-state index in [9.17, 15) is 14.4 Å². The number of ether oxygens (including phenoxy) is 1. The van der Waals surface area contributed by atoms with Crippen LogP contribution in [-0.2, 0) is 14.3 Å². The van der Waals surface area contributed by atoms with Crippen molar-refractivity contribution in [2.75, 3.05) is 12.0 Å². The van der Waals surface area contributed by atoms with Gasteiger partial charge >= 0.3 is 6.09 Å². The monoisotopic (exact) mass is 531 g/mol. The zero-order valence-electron chi connectivity index (χ0n) is 23.2. The summed E-state index contributed by atoms with van der Waals surface area (Å²) in [6.45, 7) is 7.39. The smallest absolute Gasteiger partial charge is 0.408 e. The number of hydrogen-bond donors (Lipinski definition) is 2. The normalized spacial score (nSPS) is 18.3. The van der Waals surface area contributed by atoms with Crippen LogP contribution in [0.15, 0.2) is 24.3 Å². The highest BCUT2D eigenvalue weighted by molar-refractivity contribution is 7.98. The molecule has 0 aliphatic heterocycles. The van der Waals surface area contributed by atoms with Gasteiger partial charge in [-0.2, -0.15) is 11.8 Å². The van der Waals surface area contributed by atoms with E-state index in [2.05, 4.69) is 10.6 Å². The number of alkyl carbamates (subject to hydrolysis) is 1. The Balaban J connectivity index is 1.95. The largest absolute Gasteiger partial charge is 0.444 e. The first kappa shape index (κ1) is 29.3. The Morgan fingerprint density at radius 2 is 1.73 bits per heavy atom. The molecule has 0 spiro atoms. The lowest BCUT2D eigenvalue weighted by atomic mass is 9.87. The molecule has 0 heterocycles. The summed E-state index contributed by atoms with van der Waals surface area (Å²) >= 11 is 1.62. The van der Waals surface area contributed by atoms with Gasteiger partial charge in [-0.3, -0.25) is 9.59 Å². The van der Waals surface area contributed by atoms with Crippen molar-refractivity contribution in [1.82, 2.24) is 15.5 Å². The molecular formula is C29H45N3O4S. The Labute approximate surface area is 226 Å². The molecule has 206 valence electrons. The number of benzene rings is 1. The van der Waals surface area contributed by atoms with Gasteiger partial charge in [-0.1, -0.05) is 43.5 Å². The standard InChI is InChI=1S/C29H45N3O4S/c1-20-12-9-10-17-23(20)25(26(33)30-21-13-7-6-8-14-21)32(22-15-11-16-22)27(34)24(18-19-37-5)31-28(35)36-29(2,3)4/h9-10,12,17,21-22,24-25H,6-8,11,13-16,18-19H2,1-5H3,(H,30,33)(H,31,35). The molecule has 2 N–H and O–H groups in total. The number of aryl methyl sites for hydroxylation is 1. The van der Waals surface area contributed by atoms with Crippen LogP contribution in [0.1, 0.15) is 95.7 Å². The molecule has 3 amide bonds. The minimum atomic E-state index is -0.767. The minimum absolute atomic E-state index is 0.0357. The molecule has 3 rings (SSSR count). The Bertz CT molecular complexity index is 922. The average Bonchev–Trinajstić information content (AvgIpc) is 2.80. The Kier molecular flexibility index (Phi) is 10.7. The van der Waals surface area contributed by atoms with E-state index < -0.39 is 23.8 Å². The molecule has 2 unspecified atom stereocenters. The van der Waals surface area contributed by atoms with Crippen LogP contribution < -0.4 is 10.6 Å². The van der Waals surface area contributed by atoms with Crippen molar-refractivity contribution in [1.29, 1.82) is 0 Å². The highest BCUT2D eigenvalue weighted by Gasteiger charge is 2.42. The summed E-state index contributed by atoms with van der Waals surface area (Å²) in [5.74, 6) is 0.368. The quantitative estimate of drug-likeness (QED) is 0.416. The molecule has 2 saturated carbocycles. The van der Waals surface area contributed by atoms with Crippen LogP contribution >= 0.6 is 11.8 Å². The third-order valence-electron chi connectivity index (χ3n) is 7.28. The topological polar surface area (TPSA) is 87.7 Å². The van der Waals surface area contributed by atoms with Gasteiger partial charge in [0.15, 0.2) is 0 Å². The van der Waals surface area contributed by atoms with Crippen LogP contribution in [0.5, 0.6) is 0 Å². The molecule has 2 atom stereocenters.